The first-order valence-electron chi connectivity index (χ1n) is 30.6. The van der Waals surface area contributed by atoms with Crippen LogP contribution in [0, 0.1) is 0 Å². The van der Waals surface area contributed by atoms with E-state index in [0.29, 0.717) is 13.0 Å². The highest BCUT2D eigenvalue weighted by Crippen LogP contribution is 2.27. The van der Waals surface area contributed by atoms with Gasteiger partial charge in [-0.15, -0.1) is 0 Å². The smallest absolute Gasteiger partial charge is 0.306 e. The lowest BCUT2D eigenvalue weighted by molar-refractivity contribution is -0.332. The first-order chi connectivity index (χ1) is 36.6. The summed E-state index contributed by atoms with van der Waals surface area (Å²) >= 11 is 0. The Morgan fingerprint density at radius 3 is 1.29 bits per heavy atom. The van der Waals surface area contributed by atoms with Crippen LogP contribution in [0.25, 0.3) is 0 Å². The van der Waals surface area contributed by atoms with Gasteiger partial charge in [0.2, 0.25) is 0 Å². The van der Waals surface area contributed by atoms with Crippen molar-refractivity contribution in [3.8, 4) is 0 Å². The Kier molecular flexibility index (Phi) is 44.5. The number of aliphatic hydroxyl groups excluding tert-OH is 7. The van der Waals surface area contributed by atoms with E-state index in [-0.39, 0.29) is 25.6 Å². The van der Waals surface area contributed by atoms with Crippen LogP contribution in [0.2, 0.25) is 0 Å². The van der Waals surface area contributed by atoms with Crippen molar-refractivity contribution >= 4 is 5.97 Å². The number of esters is 1. The summed E-state index contributed by atoms with van der Waals surface area (Å²) in [5.41, 5.74) is 0. The van der Waals surface area contributed by atoms with Gasteiger partial charge in [0.05, 0.1) is 26.4 Å². The standard InChI is InChI=1S/C61H112O14/c1-3-5-7-9-11-13-15-17-19-21-23-24-25-26-27-28-30-32-34-36-38-40-42-44-53(63)73-50(47-70-45-43-41-39-37-35-33-31-29-22-20-18-16-14-12-10-8-6-4-2)48-71-60-59(69)57(67)55(65)52(75-60)49-72-61-58(68)56(66)54(64)51(46-62)74-61/h15,17-18,20-21,23,50-52,54-62,64-69H,3-14,16,19,22,24-49H2,1-2H3/b17-15-,20-18-,23-21-. The molecule has 7 N–H and O–H groups in total. The van der Waals surface area contributed by atoms with E-state index in [4.69, 9.17) is 28.4 Å². The third kappa shape index (κ3) is 34.7. The average Bonchev–Trinajstić information content (AvgIpc) is 3.41. The van der Waals surface area contributed by atoms with E-state index in [0.717, 1.165) is 44.9 Å². The summed E-state index contributed by atoms with van der Waals surface area (Å²) in [5.74, 6) is -0.376. The highest BCUT2D eigenvalue weighted by atomic mass is 16.7. The number of rotatable bonds is 50. The zero-order chi connectivity index (χ0) is 54.4. The molecule has 0 aliphatic carbocycles. The van der Waals surface area contributed by atoms with Crippen LogP contribution >= 0.6 is 0 Å². The Morgan fingerprint density at radius 1 is 0.440 bits per heavy atom. The Hall–Kier alpha value is -1.79. The maximum absolute atomic E-state index is 13.1. The van der Waals surface area contributed by atoms with Crippen molar-refractivity contribution in [1.29, 1.82) is 0 Å². The number of carbonyl (C=O) groups excluding carboxylic acids is 1. The zero-order valence-corrected chi connectivity index (χ0v) is 47.3. The van der Waals surface area contributed by atoms with Gasteiger partial charge in [-0.1, -0.05) is 204 Å². The van der Waals surface area contributed by atoms with Crippen LogP contribution in [0.15, 0.2) is 36.5 Å². The van der Waals surface area contributed by atoms with Crippen molar-refractivity contribution in [1.82, 2.24) is 0 Å². The molecule has 2 saturated heterocycles. The molecule has 2 aliphatic rings. The maximum atomic E-state index is 13.1. The van der Waals surface area contributed by atoms with Gasteiger partial charge in [-0.05, 0) is 70.6 Å². The number of hydrogen-bond acceptors (Lipinski definition) is 14. The van der Waals surface area contributed by atoms with Crippen LogP contribution in [-0.2, 0) is 33.2 Å². The minimum Gasteiger partial charge on any atom is -0.457 e. The molecule has 11 unspecified atom stereocenters. The van der Waals surface area contributed by atoms with Crippen LogP contribution in [0.5, 0.6) is 0 Å². The zero-order valence-electron chi connectivity index (χ0n) is 47.3. The number of allylic oxidation sites excluding steroid dienone is 6. The van der Waals surface area contributed by atoms with Gasteiger partial charge in [0.25, 0.3) is 0 Å². The lowest BCUT2D eigenvalue weighted by Crippen LogP contribution is -2.61. The van der Waals surface area contributed by atoms with E-state index in [9.17, 15) is 40.5 Å². The largest absolute Gasteiger partial charge is 0.457 e. The van der Waals surface area contributed by atoms with Crippen molar-refractivity contribution in [2.45, 2.75) is 313 Å². The van der Waals surface area contributed by atoms with E-state index in [2.05, 4.69) is 50.3 Å². The Balaban J connectivity index is 1.69. The van der Waals surface area contributed by atoms with Crippen LogP contribution in [-0.4, -0.2) is 142 Å². The lowest BCUT2D eigenvalue weighted by atomic mass is 9.98. The van der Waals surface area contributed by atoms with Crippen LogP contribution in [0.3, 0.4) is 0 Å². The molecule has 0 aromatic rings. The predicted octanol–water partition coefficient (Wildman–Crippen LogP) is 11.3. The van der Waals surface area contributed by atoms with E-state index in [1.807, 2.05) is 0 Å². The van der Waals surface area contributed by atoms with Crippen molar-refractivity contribution in [3.63, 3.8) is 0 Å². The molecule has 2 aliphatic heterocycles. The van der Waals surface area contributed by atoms with Gasteiger partial charge in [-0.3, -0.25) is 4.79 Å². The average molecular weight is 1070 g/mol. The van der Waals surface area contributed by atoms with Crippen LogP contribution in [0.1, 0.15) is 245 Å². The molecule has 14 heteroatoms. The molecule has 0 aromatic carbocycles. The second-order valence-corrected chi connectivity index (χ2v) is 21.5. The Labute approximate surface area is 455 Å². The fourth-order valence-corrected chi connectivity index (χ4v) is 9.66. The van der Waals surface area contributed by atoms with E-state index in [1.54, 1.807) is 0 Å². The number of carbonyl (C=O) groups is 1. The SMILES string of the molecule is CCCCCCC/C=C\C/C=C\CCCCCCCCCCCCCC(=O)OC(COCCCCCCCCCC/C=C\CCCCCCCC)COC1OC(COC2OC(CO)C(O)C(O)C2O)C(O)C(O)C1O. The quantitative estimate of drug-likeness (QED) is 0.0172. The summed E-state index contributed by atoms with van der Waals surface area (Å²) < 4.78 is 34.4. The summed E-state index contributed by atoms with van der Waals surface area (Å²) in [4.78, 5) is 13.1. The minimum atomic E-state index is -1.71. The van der Waals surface area contributed by atoms with Crippen molar-refractivity contribution < 1.29 is 69.0 Å². The molecule has 0 aromatic heterocycles. The molecule has 0 radical (unpaired) electrons. The van der Waals surface area contributed by atoms with E-state index >= 15 is 0 Å². The second-order valence-electron chi connectivity index (χ2n) is 21.5. The van der Waals surface area contributed by atoms with Gasteiger partial charge in [-0.25, -0.2) is 0 Å². The summed E-state index contributed by atoms with van der Waals surface area (Å²) in [6.45, 7) is 3.70. The molecule has 0 amide bonds. The molecule has 2 fully saturated rings. The van der Waals surface area contributed by atoms with E-state index in [1.165, 1.54) is 173 Å². The van der Waals surface area contributed by atoms with Crippen LogP contribution < -0.4 is 0 Å². The highest BCUT2D eigenvalue weighted by molar-refractivity contribution is 5.69. The number of ether oxygens (including phenoxy) is 6. The van der Waals surface area contributed by atoms with Gasteiger partial charge in [0.15, 0.2) is 12.6 Å². The van der Waals surface area contributed by atoms with Gasteiger partial charge < -0.3 is 64.2 Å². The molecule has 2 heterocycles. The van der Waals surface area contributed by atoms with Gasteiger partial charge in [0.1, 0.15) is 54.9 Å². The first kappa shape index (κ1) is 69.3. The predicted molar refractivity (Wildman–Crippen MR) is 298 cm³/mol. The number of unbranched alkanes of at least 4 members (excludes halogenated alkanes) is 30. The monoisotopic (exact) mass is 1070 g/mol. The van der Waals surface area contributed by atoms with Crippen molar-refractivity contribution in [2.24, 2.45) is 0 Å². The molecule has 11 atom stereocenters. The fraction of sp³-hybridized carbons (Fsp3) is 0.885. The molecule has 0 bridgehead atoms. The fourth-order valence-electron chi connectivity index (χ4n) is 9.66. The summed E-state index contributed by atoms with van der Waals surface area (Å²) in [6.07, 6.45) is 40.6. The molecule has 2 rings (SSSR count). The maximum Gasteiger partial charge on any atom is 0.306 e. The van der Waals surface area contributed by atoms with Crippen LogP contribution in [0.4, 0.5) is 0 Å². The van der Waals surface area contributed by atoms with Gasteiger partial charge in [0, 0.05) is 13.0 Å². The molecule has 75 heavy (non-hydrogen) atoms. The summed E-state index contributed by atoms with van der Waals surface area (Å²) in [5, 5.41) is 72.4. The molecular weight excluding hydrogens is 957 g/mol. The van der Waals surface area contributed by atoms with Gasteiger partial charge >= 0.3 is 5.97 Å². The third-order valence-corrected chi connectivity index (χ3v) is 14.6. The molecular formula is C61H112O14. The van der Waals surface area contributed by atoms with E-state index < -0.39 is 80.7 Å². The highest BCUT2D eigenvalue weighted by Gasteiger charge is 2.47. The Morgan fingerprint density at radius 2 is 0.827 bits per heavy atom. The normalized spacial score (nSPS) is 24.8. The summed E-state index contributed by atoms with van der Waals surface area (Å²) in [6, 6.07) is 0. The van der Waals surface area contributed by atoms with Gasteiger partial charge in [-0.2, -0.15) is 0 Å². The minimum absolute atomic E-state index is 0.0606. The second kappa shape index (κ2) is 48.1. The molecule has 0 saturated carbocycles. The third-order valence-electron chi connectivity index (χ3n) is 14.6. The van der Waals surface area contributed by atoms with Crippen molar-refractivity contribution in [2.75, 3.05) is 33.0 Å². The number of hydrogen-bond donors (Lipinski definition) is 7. The lowest BCUT2D eigenvalue weighted by Gasteiger charge is -2.42. The van der Waals surface area contributed by atoms with Crippen molar-refractivity contribution in [3.05, 3.63) is 36.5 Å². The summed E-state index contributed by atoms with van der Waals surface area (Å²) in [7, 11) is 0. The molecule has 14 nitrogen and oxygen atoms in total. The first-order valence-corrected chi connectivity index (χ1v) is 30.6. The molecule has 0 spiro atoms. The topological polar surface area (TPSA) is 214 Å². The number of aliphatic hydroxyl groups is 7. The molecule has 440 valence electrons. The Bertz CT molecular complexity index is 1380.